The molecule has 1 saturated carbocycles. The number of hydrogen-bond acceptors (Lipinski definition) is 6. The first-order valence-corrected chi connectivity index (χ1v) is 11.0. The van der Waals surface area contributed by atoms with E-state index in [1.807, 2.05) is 17.8 Å². The van der Waals surface area contributed by atoms with Crippen molar-refractivity contribution in [3.05, 3.63) is 59.8 Å². The highest BCUT2D eigenvalue weighted by atomic mass is 19.1. The quantitative estimate of drug-likeness (QED) is 0.537. The van der Waals surface area contributed by atoms with Crippen molar-refractivity contribution in [2.45, 2.75) is 52.7 Å². The zero-order valence-corrected chi connectivity index (χ0v) is 18.0. The SMILES string of the molecule is C.CC[C@@H]1C(=O)Nc2cnc(NCc3cnn(Cc4ccc(F)cc4)c3)nc2N1CC1CC1. The first kappa shape index (κ1) is 22.7. The van der Waals surface area contributed by atoms with Gasteiger partial charge >= 0.3 is 0 Å². The van der Waals surface area contributed by atoms with Crippen molar-refractivity contribution in [1.82, 2.24) is 19.7 Å². The highest BCUT2D eigenvalue weighted by Crippen LogP contribution is 2.37. The molecule has 2 aliphatic rings. The molecule has 2 N–H and O–H groups in total. The minimum Gasteiger partial charge on any atom is -0.350 e. The van der Waals surface area contributed by atoms with E-state index in [9.17, 15) is 9.18 Å². The van der Waals surface area contributed by atoms with Gasteiger partial charge in [0.25, 0.3) is 0 Å². The summed E-state index contributed by atoms with van der Waals surface area (Å²) in [6.45, 7) is 3.98. The fraction of sp³-hybridized carbons (Fsp3) is 0.417. The van der Waals surface area contributed by atoms with E-state index >= 15 is 0 Å². The molecule has 1 atom stereocenters. The van der Waals surface area contributed by atoms with Gasteiger partial charge in [0.05, 0.1) is 18.9 Å². The highest BCUT2D eigenvalue weighted by Gasteiger charge is 2.36. The fourth-order valence-corrected chi connectivity index (χ4v) is 4.01. The Morgan fingerprint density at radius 1 is 1.18 bits per heavy atom. The van der Waals surface area contributed by atoms with Crippen LogP contribution in [0.4, 0.5) is 21.8 Å². The van der Waals surface area contributed by atoms with Crippen LogP contribution >= 0.6 is 0 Å². The Morgan fingerprint density at radius 2 is 1.97 bits per heavy atom. The van der Waals surface area contributed by atoms with Crippen LogP contribution in [0.1, 0.15) is 44.7 Å². The number of nitrogens with one attached hydrogen (secondary N) is 2. The number of fused-ring (bicyclic) bond motifs is 1. The minimum atomic E-state index is -0.246. The van der Waals surface area contributed by atoms with Crippen LogP contribution in [0.3, 0.4) is 0 Å². The number of rotatable bonds is 8. The summed E-state index contributed by atoms with van der Waals surface area (Å²) in [5.41, 5.74) is 2.64. The molecule has 0 radical (unpaired) electrons. The lowest BCUT2D eigenvalue weighted by atomic mass is 10.1. The standard InChI is InChI=1S/C23H26FN7O.CH4/c1-2-20-22(32)28-19-11-26-23(29-21(19)31(20)14-16-3-4-16)25-9-17-10-27-30(13-17)12-15-5-7-18(24)8-6-15;/h5-8,10-11,13,16,20H,2-4,9,12,14H2,1H3,(H,28,32)(H,25,26,29);1H4/t20-;/m1./s1. The van der Waals surface area contributed by atoms with E-state index in [0.29, 0.717) is 30.6 Å². The summed E-state index contributed by atoms with van der Waals surface area (Å²) in [7, 11) is 0. The molecule has 1 aliphatic carbocycles. The number of aromatic nitrogens is 4. The Morgan fingerprint density at radius 3 is 2.70 bits per heavy atom. The average molecular weight is 452 g/mol. The maximum Gasteiger partial charge on any atom is 0.247 e. The molecule has 9 heteroatoms. The highest BCUT2D eigenvalue weighted by molar-refractivity contribution is 6.02. The first-order valence-electron chi connectivity index (χ1n) is 11.0. The molecular formula is C24H30FN7O. The van der Waals surface area contributed by atoms with Crippen LogP contribution in [0.15, 0.2) is 42.9 Å². The van der Waals surface area contributed by atoms with Crippen LogP contribution in [0, 0.1) is 11.7 Å². The van der Waals surface area contributed by atoms with Crippen LogP contribution in [-0.2, 0) is 17.9 Å². The molecule has 8 nitrogen and oxygen atoms in total. The van der Waals surface area contributed by atoms with Gasteiger partial charge in [-0.3, -0.25) is 9.48 Å². The third-order valence-corrected chi connectivity index (χ3v) is 5.91. The molecule has 1 amide bonds. The van der Waals surface area contributed by atoms with Gasteiger partial charge in [-0.05, 0) is 42.9 Å². The molecule has 5 rings (SSSR count). The number of carbonyl (C=O) groups is 1. The molecule has 3 heterocycles. The van der Waals surface area contributed by atoms with Gasteiger partial charge in [0.15, 0.2) is 5.82 Å². The maximum absolute atomic E-state index is 13.1. The Kier molecular flexibility index (Phi) is 6.57. The van der Waals surface area contributed by atoms with Crippen LogP contribution in [-0.4, -0.2) is 38.2 Å². The van der Waals surface area contributed by atoms with Gasteiger partial charge in [0.1, 0.15) is 17.5 Å². The van der Waals surface area contributed by atoms with Crippen LogP contribution < -0.4 is 15.5 Å². The normalized spacial score (nSPS) is 17.2. The number of halogens is 1. The lowest BCUT2D eigenvalue weighted by molar-refractivity contribution is -0.117. The molecule has 1 aliphatic heterocycles. The van der Waals surface area contributed by atoms with Crippen molar-refractivity contribution in [2.75, 3.05) is 22.1 Å². The lowest BCUT2D eigenvalue weighted by Crippen LogP contribution is -2.49. The molecule has 1 fully saturated rings. The third kappa shape index (κ3) is 5.13. The van der Waals surface area contributed by atoms with Crippen molar-refractivity contribution >= 4 is 23.4 Å². The Hall–Kier alpha value is -3.49. The number of benzene rings is 1. The number of amides is 1. The van der Waals surface area contributed by atoms with Crippen LogP contribution in [0.5, 0.6) is 0 Å². The summed E-state index contributed by atoms with van der Waals surface area (Å²) in [4.78, 5) is 23.7. The molecule has 1 aromatic carbocycles. The first-order chi connectivity index (χ1) is 15.6. The topological polar surface area (TPSA) is 88.0 Å². The van der Waals surface area contributed by atoms with Gasteiger partial charge in [0.2, 0.25) is 11.9 Å². The van der Waals surface area contributed by atoms with Crippen molar-refractivity contribution < 1.29 is 9.18 Å². The molecule has 0 spiro atoms. The molecule has 3 aromatic rings. The zero-order chi connectivity index (χ0) is 22.1. The van der Waals surface area contributed by atoms with Crippen LogP contribution in [0.25, 0.3) is 0 Å². The minimum absolute atomic E-state index is 0. The van der Waals surface area contributed by atoms with E-state index in [2.05, 4.69) is 25.6 Å². The van der Waals surface area contributed by atoms with Crippen molar-refractivity contribution in [3.8, 4) is 0 Å². The van der Waals surface area contributed by atoms with Crippen molar-refractivity contribution in [3.63, 3.8) is 0 Å². The molecule has 0 saturated heterocycles. The number of nitrogens with zero attached hydrogens (tertiary/aromatic N) is 5. The van der Waals surface area contributed by atoms with Gasteiger partial charge in [-0.15, -0.1) is 0 Å². The number of carbonyl (C=O) groups excluding carboxylic acids is 1. The predicted octanol–water partition coefficient (Wildman–Crippen LogP) is 4.06. The van der Waals surface area contributed by atoms with Gasteiger partial charge in [0, 0.05) is 24.8 Å². The Labute approximate surface area is 193 Å². The summed E-state index contributed by atoms with van der Waals surface area (Å²) in [6, 6.07) is 6.21. The summed E-state index contributed by atoms with van der Waals surface area (Å²) in [5, 5.41) is 10.6. The smallest absolute Gasteiger partial charge is 0.247 e. The fourth-order valence-electron chi connectivity index (χ4n) is 4.01. The number of hydrogen-bond donors (Lipinski definition) is 2. The molecule has 2 aromatic heterocycles. The van der Waals surface area contributed by atoms with Gasteiger partial charge in [-0.1, -0.05) is 26.5 Å². The predicted molar refractivity (Wildman–Crippen MR) is 127 cm³/mol. The van der Waals surface area contributed by atoms with Gasteiger partial charge < -0.3 is 15.5 Å². The van der Waals surface area contributed by atoms with E-state index in [-0.39, 0.29) is 25.2 Å². The van der Waals surface area contributed by atoms with Crippen LogP contribution in [0.2, 0.25) is 0 Å². The molecular weight excluding hydrogens is 421 g/mol. The lowest BCUT2D eigenvalue weighted by Gasteiger charge is -2.36. The monoisotopic (exact) mass is 451 g/mol. The van der Waals surface area contributed by atoms with Crippen molar-refractivity contribution in [1.29, 1.82) is 0 Å². The Balaban J connectivity index is 0.00000259. The summed E-state index contributed by atoms with van der Waals surface area (Å²) >= 11 is 0. The molecule has 174 valence electrons. The van der Waals surface area contributed by atoms with Gasteiger partial charge in [-0.2, -0.15) is 10.1 Å². The summed E-state index contributed by atoms with van der Waals surface area (Å²) in [6.07, 6.45) is 8.57. The Bertz CT molecular complexity index is 1110. The van der Waals surface area contributed by atoms with Gasteiger partial charge in [-0.25, -0.2) is 9.37 Å². The van der Waals surface area contributed by atoms with E-state index in [4.69, 9.17) is 4.98 Å². The number of anilines is 3. The van der Waals surface area contributed by atoms with Crippen molar-refractivity contribution in [2.24, 2.45) is 5.92 Å². The summed E-state index contributed by atoms with van der Waals surface area (Å²) in [5.74, 6) is 1.71. The van der Waals surface area contributed by atoms with E-state index in [0.717, 1.165) is 29.9 Å². The van der Waals surface area contributed by atoms with E-state index in [1.165, 1.54) is 25.0 Å². The molecule has 0 unspecified atom stereocenters. The van der Waals surface area contributed by atoms with E-state index < -0.39 is 0 Å². The van der Waals surface area contributed by atoms with E-state index in [1.54, 1.807) is 24.5 Å². The third-order valence-electron chi connectivity index (χ3n) is 5.91. The second kappa shape index (κ2) is 9.56. The second-order valence-electron chi connectivity index (χ2n) is 8.47. The average Bonchev–Trinajstić information content (AvgIpc) is 3.50. The molecule has 33 heavy (non-hydrogen) atoms. The zero-order valence-electron chi connectivity index (χ0n) is 18.0. The summed E-state index contributed by atoms with van der Waals surface area (Å²) < 4.78 is 14.9. The largest absolute Gasteiger partial charge is 0.350 e. The molecule has 0 bridgehead atoms. The maximum atomic E-state index is 13.1. The second-order valence-corrected chi connectivity index (χ2v) is 8.47.